The fourth-order valence-electron chi connectivity index (χ4n) is 1.88. The van der Waals surface area contributed by atoms with E-state index in [1.54, 1.807) is 0 Å². The second kappa shape index (κ2) is 1.39. The molecule has 0 aromatic rings. The zero-order chi connectivity index (χ0) is 6.55. The molecule has 0 saturated heterocycles. The molecule has 0 aromatic heterocycles. The van der Waals surface area contributed by atoms with Crippen LogP contribution in [-0.2, 0) is 0 Å². The fourth-order valence-corrected chi connectivity index (χ4v) is 1.88. The molecule has 1 fully saturated rings. The van der Waals surface area contributed by atoms with E-state index in [1.165, 1.54) is 17.8 Å². The highest BCUT2D eigenvalue weighted by atomic mass is 15.1. The van der Waals surface area contributed by atoms with Gasteiger partial charge in [-0.05, 0) is 18.4 Å². The minimum Gasteiger partial charge on any atom is -0.369 e. The van der Waals surface area contributed by atoms with Crippen molar-refractivity contribution in [1.82, 2.24) is 10.6 Å². The van der Waals surface area contributed by atoms with E-state index in [2.05, 4.69) is 22.8 Å². The van der Waals surface area contributed by atoms with Gasteiger partial charge in [-0.15, -0.1) is 0 Å². The van der Waals surface area contributed by atoms with Gasteiger partial charge in [0.05, 0.1) is 12.4 Å². The van der Waals surface area contributed by atoms with Gasteiger partial charge in [0.15, 0.2) is 0 Å². The Hall–Kier alpha value is -0.920. The first-order valence-corrected chi connectivity index (χ1v) is 3.85. The molecular weight excluding hydrogens is 124 g/mol. The van der Waals surface area contributed by atoms with Crippen LogP contribution in [0.2, 0.25) is 0 Å². The maximum atomic E-state index is 3.37. The third-order valence-corrected chi connectivity index (χ3v) is 2.57. The van der Waals surface area contributed by atoms with E-state index < -0.39 is 0 Å². The van der Waals surface area contributed by atoms with Crippen LogP contribution in [0.1, 0.15) is 6.42 Å². The van der Waals surface area contributed by atoms with Gasteiger partial charge in [-0.25, -0.2) is 0 Å². The summed E-state index contributed by atoms with van der Waals surface area (Å²) in [6.45, 7) is 0.929. The number of rotatable bonds is 0. The summed E-state index contributed by atoms with van der Waals surface area (Å²) in [5.74, 6) is 1.71. The number of fused-ring (bicyclic) bond motifs is 2. The van der Waals surface area contributed by atoms with E-state index in [0.717, 1.165) is 18.5 Å². The lowest BCUT2D eigenvalue weighted by atomic mass is 10.1. The molecule has 2 N–H and O–H groups in total. The first kappa shape index (κ1) is 4.83. The summed E-state index contributed by atoms with van der Waals surface area (Å²) >= 11 is 0. The molecule has 10 heavy (non-hydrogen) atoms. The molecule has 0 bridgehead atoms. The first-order chi connectivity index (χ1) is 4.95. The van der Waals surface area contributed by atoms with Crippen molar-refractivity contribution in [2.24, 2.45) is 11.8 Å². The zero-order valence-corrected chi connectivity index (χ0v) is 5.72. The minimum absolute atomic E-state index is 0.843. The molecule has 0 spiro atoms. The highest BCUT2D eigenvalue weighted by Crippen LogP contribution is 2.48. The largest absolute Gasteiger partial charge is 0.369 e. The van der Waals surface area contributed by atoms with Crippen LogP contribution in [0.25, 0.3) is 0 Å². The fraction of sp³-hybridized carbons (Fsp3) is 0.500. The van der Waals surface area contributed by atoms with Crippen LogP contribution in [0.5, 0.6) is 0 Å². The van der Waals surface area contributed by atoms with Gasteiger partial charge in [-0.2, -0.15) is 0 Å². The normalized spacial score (nSPS) is 40.0. The van der Waals surface area contributed by atoms with E-state index in [1.807, 2.05) is 0 Å². The highest BCUT2D eigenvalue weighted by molar-refractivity contribution is 5.38. The van der Waals surface area contributed by atoms with Crippen LogP contribution in [0.4, 0.5) is 0 Å². The van der Waals surface area contributed by atoms with Gasteiger partial charge in [0.2, 0.25) is 0 Å². The third kappa shape index (κ3) is 0.451. The molecule has 2 nitrogen and oxygen atoms in total. The van der Waals surface area contributed by atoms with Gasteiger partial charge >= 0.3 is 0 Å². The Morgan fingerprint density at radius 3 is 3.40 bits per heavy atom. The van der Waals surface area contributed by atoms with Crippen molar-refractivity contribution in [1.29, 1.82) is 0 Å². The number of hydrogen-bond acceptors (Lipinski definition) is 2. The van der Waals surface area contributed by atoms with Crippen molar-refractivity contribution < 1.29 is 0 Å². The van der Waals surface area contributed by atoms with E-state index in [0.29, 0.717) is 0 Å². The van der Waals surface area contributed by atoms with Crippen molar-refractivity contribution in [3.63, 3.8) is 0 Å². The monoisotopic (exact) mass is 134 g/mol. The quantitative estimate of drug-likeness (QED) is 0.505. The Morgan fingerprint density at radius 1 is 1.40 bits per heavy atom. The Morgan fingerprint density at radius 2 is 2.40 bits per heavy atom. The van der Waals surface area contributed by atoms with Crippen LogP contribution < -0.4 is 10.6 Å². The Labute approximate surface area is 60.0 Å². The standard InChI is InChI=1S/C8H10N2/c1-2-7-8(10-4-9-7)6-3-5(1)6/h1-2,5-6,9-10H,3-4H2. The predicted molar refractivity (Wildman–Crippen MR) is 38.9 cm³/mol. The summed E-state index contributed by atoms with van der Waals surface area (Å²) in [5.41, 5.74) is 2.80. The first-order valence-electron chi connectivity index (χ1n) is 3.85. The SMILES string of the molecule is C1=CC2CC2C2=C1NCN2. The van der Waals surface area contributed by atoms with Crippen LogP contribution >= 0.6 is 0 Å². The maximum Gasteiger partial charge on any atom is 0.0848 e. The van der Waals surface area contributed by atoms with Gasteiger partial charge in [0.25, 0.3) is 0 Å². The van der Waals surface area contributed by atoms with Crippen molar-refractivity contribution >= 4 is 0 Å². The summed E-state index contributed by atoms with van der Waals surface area (Å²) in [4.78, 5) is 0. The number of allylic oxidation sites excluding steroid dienone is 3. The summed E-state index contributed by atoms with van der Waals surface area (Å²) in [6, 6.07) is 0. The lowest BCUT2D eigenvalue weighted by Gasteiger charge is -2.05. The lowest BCUT2D eigenvalue weighted by molar-refractivity contribution is 0.759. The molecule has 0 aromatic carbocycles. The third-order valence-electron chi connectivity index (χ3n) is 2.57. The van der Waals surface area contributed by atoms with E-state index >= 15 is 0 Å². The van der Waals surface area contributed by atoms with Gasteiger partial charge in [0.1, 0.15) is 0 Å². The van der Waals surface area contributed by atoms with Crippen molar-refractivity contribution in [2.75, 3.05) is 6.67 Å². The molecule has 1 aliphatic heterocycles. The van der Waals surface area contributed by atoms with Crippen LogP contribution in [0.3, 0.4) is 0 Å². The van der Waals surface area contributed by atoms with E-state index in [4.69, 9.17) is 0 Å². The van der Waals surface area contributed by atoms with Gasteiger partial charge in [-0.1, -0.05) is 6.08 Å². The zero-order valence-electron chi connectivity index (χ0n) is 5.72. The lowest BCUT2D eigenvalue weighted by Crippen LogP contribution is -2.15. The Balaban J connectivity index is 2.07. The summed E-state index contributed by atoms with van der Waals surface area (Å²) < 4.78 is 0. The molecule has 2 atom stereocenters. The van der Waals surface area contributed by atoms with E-state index in [-0.39, 0.29) is 0 Å². The smallest absolute Gasteiger partial charge is 0.0848 e. The molecule has 3 aliphatic rings. The average Bonchev–Trinajstić information content (AvgIpc) is 2.60. The van der Waals surface area contributed by atoms with Crippen molar-refractivity contribution in [3.8, 4) is 0 Å². The summed E-state index contributed by atoms with van der Waals surface area (Å²) in [5, 5.41) is 6.66. The molecule has 2 unspecified atom stereocenters. The molecule has 0 amide bonds. The molecule has 2 heteroatoms. The second-order valence-electron chi connectivity index (χ2n) is 3.22. The van der Waals surface area contributed by atoms with Crippen molar-refractivity contribution in [3.05, 3.63) is 23.5 Å². The highest BCUT2D eigenvalue weighted by Gasteiger charge is 2.42. The summed E-state index contributed by atoms with van der Waals surface area (Å²) in [7, 11) is 0. The Bertz CT molecular complexity index is 240. The van der Waals surface area contributed by atoms with Crippen LogP contribution in [-0.4, -0.2) is 6.67 Å². The van der Waals surface area contributed by atoms with Gasteiger partial charge in [0, 0.05) is 11.6 Å². The molecule has 0 radical (unpaired) electrons. The molecule has 3 rings (SSSR count). The average molecular weight is 134 g/mol. The molecule has 1 heterocycles. The number of nitrogens with one attached hydrogen (secondary N) is 2. The Kier molecular flexibility index (Phi) is 0.670. The van der Waals surface area contributed by atoms with Gasteiger partial charge in [-0.3, -0.25) is 0 Å². The van der Waals surface area contributed by atoms with Crippen LogP contribution in [0.15, 0.2) is 23.5 Å². The van der Waals surface area contributed by atoms with Crippen molar-refractivity contribution in [2.45, 2.75) is 6.42 Å². The summed E-state index contributed by atoms with van der Waals surface area (Å²) in [6.07, 6.45) is 5.90. The van der Waals surface area contributed by atoms with E-state index in [9.17, 15) is 0 Å². The topological polar surface area (TPSA) is 24.1 Å². The van der Waals surface area contributed by atoms with Gasteiger partial charge < -0.3 is 10.6 Å². The number of hydrogen-bond donors (Lipinski definition) is 2. The molecule has 52 valence electrons. The maximum absolute atomic E-state index is 3.37. The predicted octanol–water partition coefficient (Wildman–Crippen LogP) is 0.554. The molecular formula is C8H10N2. The van der Waals surface area contributed by atoms with Crippen LogP contribution in [0, 0.1) is 11.8 Å². The molecule has 1 saturated carbocycles. The second-order valence-corrected chi connectivity index (χ2v) is 3.22. The molecule has 2 aliphatic carbocycles. The minimum atomic E-state index is 0.843.